The first kappa shape index (κ1) is 13.8. The third-order valence-electron chi connectivity index (χ3n) is 4.48. The molecule has 0 radical (unpaired) electrons. The Balaban J connectivity index is 1.92. The van der Waals surface area contributed by atoms with Crippen molar-refractivity contribution in [3.8, 4) is 5.69 Å². The lowest BCUT2D eigenvalue weighted by Crippen LogP contribution is -2.18. The quantitative estimate of drug-likeness (QED) is 0.639. The van der Waals surface area contributed by atoms with Crippen LogP contribution in [0.1, 0.15) is 29.9 Å². The van der Waals surface area contributed by atoms with Gasteiger partial charge in [0.1, 0.15) is 0 Å². The van der Waals surface area contributed by atoms with Gasteiger partial charge in [-0.05, 0) is 66.5 Å². The van der Waals surface area contributed by atoms with Gasteiger partial charge in [0.25, 0.3) is 5.56 Å². The zero-order valence-electron chi connectivity index (χ0n) is 12.3. The van der Waals surface area contributed by atoms with Gasteiger partial charge >= 0.3 is 0 Å². The minimum Gasteiger partial charge on any atom is -0.283 e. The molecule has 0 N–H and O–H groups in total. The van der Waals surface area contributed by atoms with Crippen LogP contribution in [0.2, 0.25) is 0 Å². The molecule has 4 rings (SSSR count). The van der Waals surface area contributed by atoms with Crippen LogP contribution in [0, 0.1) is 6.92 Å². The maximum Gasteiger partial charge on any atom is 0.262 e. The molecule has 2 aromatic carbocycles. The Bertz CT molecular complexity index is 938. The number of aromatic nitrogens is 1. The molecular formula is C19H16BrNO. The second-order valence-electron chi connectivity index (χ2n) is 6.00. The van der Waals surface area contributed by atoms with Gasteiger partial charge in [-0.2, -0.15) is 0 Å². The summed E-state index contributed by atoms with van der Waals surface area (Å²) >= 11 is 3.53. The van der Waals surface area contributed by atoms with Gasteiger partial charge in [0, 0.05) is 16.1 Å². The van der Waals surface area contributed by atoms with Crippen molar-refractivity contribution in [1.82, 2.24) is 4.57 Å². The standard InChI is InChI=1S/C19H16BrNO/c1-12-17(20)3-2-4-18(12)21-10-9-15-11-14(13-5-6-13)7-8-16(15)19(21)22/h2-4,7-11,13H,5-6H2,1H3. The van der Waals surface area contributed by atoms with Crippen molar-refractivity contribution in [3.63, 3.8) is 0 Å². The van der Waals surface area contributed by atoms with Crippen LogP contribution in [0.25, 0.3) is 16.5 Å². The molecule has 0 amide bonds. The average molecular weight is 354 g/mol. The van der Waals surface area contributed by atoms with E-state index in [-0.39, 0.29) is 5.56 Å². The van der Waals surface area contributed by atoms with Crippen molar-refractivity contribution in [2.75, 3.05) is 0 Å². The summed E-state index contributed by atoms with van der Waals surface area (Å²) in [5.41, 5.74) is 3.40. The van der Waals surface area contributed by atoms with E-state index in [2.05, 4.69) is 28.1 Å². The molecular weight excluding hydrogens is 338 g/mol. The summed E-state index contributed by atoms with van der Waals surface area (Å²) in [6.07, 6.45) is 4.44. The highest BCUT2D eigenvalue weighted by atomic mass is 79.9. The molecule has 1 heterocycles. The van der Waals surface area contributed by atoms with Crippen LogP contribution in [-0.2, 0) is 0 Å². The number of benzene rings is 2. The molecule has 0 aliphatic heterocycles. The summed E-state index contributed by atoms with van der Waals surface area (Å²) in [4.78, 5) is 12.8. The molecule has 0 spiro atoms. The molecule has 1 aliphatic rings. The van der Waals surface area contributed by atoms with E-state index in [1.165, 1.54) is 18.4 Å². The molecule has 1 aromatic heterocycles. The minimum atomic E-state index is 0.0426. The first-order valence-electron chi connectivity index (χ1n) is 7.56. The topological polar surface area (TPSA) is 22.0 Å². The molecule has 1 saturated carbocycles. The number of pyridine rings is 1. The summed E-state index contributed by atoms with van der Waals surface area (Å²) in [7, 11) is 0. The molecule has 0 bridgehead atoms. The van der Waals surface area contributed by atoms with Crippen LogP contribution in [0.15, 0.2) is 57.9 Å². The maximum absolute atomic E-state index is 12.8. The predicted molar refractivity (Wildman–Crippen MR) is 94.0 cm³/mol. The van der Waals surface area contributed by atoms with E-state index >= 15 is 0 Å². The zero-order valence-corrected chi connectivity index (χ0v) is 13.9. The molecule has 0 saturated heterocycles. The highest BCUT2D eigenvalue weighted by Crippen LogP contribution is 2.40. The van der Waals surface area contributed by atoms with E-state index in [1.807, 2.05) is 43.5 Å². The van der Waals surface area contributed by atoms with Crippen LogP contribution in [0.3, 0.4) is 0 Å². The SMILES string of the molecule is Cc1c(Br)cccc1-n1ccc2cc(C3CC3)ccc2c1=O. The summed E-state index contributed by atoms with van der Waals surface area (Å²) in [6.45, 7) is 2.02. The van der Waals surface area contributed by atoms with E-state index < -0.39 is 0 Å². The van der Waals surface area contributed by atoms with Crippen molar-refractivity contribution in [3.05, 3.63) is 74.6 Å². The lowest BCUT2D eigenvalue weighted by Gasteiger charge is -2.12. The van der Waals surface area contributed by atoms with Crippen molar-refractivity contribution in [2.45, 2.75) is 25.7 Å². The summed E-state index contributed by atoms with van der Waals surface area (Å²) in [5, 5.41) is 1.82. The molecule has 1 fully saturated rings. The van der Waals surface area contributed by atoms with Crippen LogP contribution in [0.5, 0.6) is 0 Å². The van der Waals surface area contributed by atoms with Gasteiger partial charge in [-0.25, -0.2) is 0 Å². The number of hydrogen-bond acceptors (Lipinski definition) is 1. The Hall–Kier alpha value is -1.87. The number of fused-ring (bicyclic) bond motifs is 1. The van der Waals surface area contributed by atoms with E-state index in [4.69, 9.17) is 0 Å². The lowest BCUT2D eigenvalue weighted by molar-refractivity contribution is 0.991. The Kier molecular flexibility index (Phi) is 3.19. The van der Waals surface area contributed by atoms with Crippen LogP contribution in [0.4, 0.5) is 0 Å². The molecule has 3 aromatic rings. The molecule has 1 aliphatic carbocycles. The second kappa shape index (κ2) is 5.10. The first-order valence-corrected chi connectivity index (χ1v) is 8.35. The zero-order chi connectivity index (χ0) is 15.3. The van der Waals surface area contributed by atoms with E-state index in [0.717, 1.165) is 26.5 Å². The molecule has 3 heteroatoms. The smallest absolute Gasteiger partial charge is 0.262 e. The minimum absolute atomic E-state index is 0.0426. The molecule has 22 heavy (non-hydrogen) atoms. The molecule has 0 unspecified atom stereocenters. The van der Waals surface area contributed by atoms with Gasteiger partial charge in [0.15, 0.2) is 0 Å². The second-order valence-corrected chi connectivity index (χ2v) is 6.85. The Morgan fingerprint density at radius 2 is 1.95 bits per heavy atom. The van der Waals surface area contributed by atoms with Crippen LogP contribution < -0.4 is 5.56 Å². The van der Waals surface area contributed by atoms with E-state index in [0.29, 0.717) is 5.92 Å². The van der Waals surface area contributed by atoms with Crippen molar-refractivity contribution in [2.24, 2.45) is 0 Å². The fourth-order valence-electron chi connectivity index (χ4n) is 2.98. The van der Waals surface area contributed by atoms with E-state index in [9.17, 15) is 4.79 Å². The highest BCUT2D eigenvalue weighted by molar-refractivity contribution is 9.10. The lowest BCUT2D eigenvalue weighted by atomic mass is 10.1. The van der Waals surface area contributed by atoms with Crippen LogP contribution in [-0.4, -0.2) is 4.57 Å². The highest BCUT2D eigenvalue weighted by Gasteiger charge is 2.23. The fourth-order valence-corrected chi connectivity index (χ4v) is 3.34. The molecule has 2 nitrogen and oxygen atoms in total. The third-order valence-corrected chi connectivity index (χ3v) is 5.33. The summed E-state index contributed by atoms with van der Waals surface area (Å²) < 4.78 is 2.75. The van der Waals surface area contributed by atoms with Gasteiger partial charge in [-0.3, -0.25) is 9.36 Å². The van der Waals surface area contributed by atoms with Crippen molar-refractivity contribution in [1.29, 1.82) is 0 Å². The Morgan fingerprint density at radius 1 is 1.14 bits per heavy atom. The van der Waals surface area contributed by atoms with Gasteiger partial charge in [-0.1, -0.05) is 34.1 Å². The summed E-state index contributed by atoms with van der Waals surface area (Å²) in [6, 6.07) is 14.2. The monoisotopic (exact) mass is 353 g/mol. The van der Waals surface area contributed by atoms with Crippen molar-refractivity contribution < 1.29 is 0 Å². The number of rotatable bonds is 2. The summed E-state index contributed by atoms with van der Waals surface area (Å²) in [5.74, 6) is 0.708. The normalized spacial score (nSPS) is 14.5. The van der Waals surface area contributed by atoms with Gasteiger partial charge in [0.2, 0.25) is 0 Å². The maximum atomic E-state index is 12.8. The fraction of sp³-hybridized carbons (Fsp3) is 0.211. The number of halogens is 1. The van der Waals surface area contributed by atoms with Gasteiger partial charge < -0.3 is 0 Å². The van der Waals surface area contributed by atoms with Crippen LogP contribution >= 0.6 is 15.9 Å². The third kappa shape index (κ3) is 2.20. The van der Waals surface area contributed by atoms with Gasteiger partial charge in [0.05, 0.1) is 5.69 Å². The van der Waals surface area contributed by atoms with Gasteiger partial charge in [-0.15, -0.1) is 0 Å². The predicted octanol–water partition coefficient (Wildman–Crippen LogP) is 4.94. The molecule has 110 valence electrons. The number of hydrogen-bond donors (Lipinski definition) is 0. The Labute approximate surface area is 137 Å². The van der Waals surface area contributed by atoms with E-state index in [1.54, 1.807) is 4.57 Å². The molecule has 0 atom stereocenters. The average Bonchev–Trinajstić information content (AvgIpc) is 3.35. The first-order chi connectivity index (χ1) is 10.6. The van der Waals surface area contributed by atoms with Crippen molar-refractivity contribution >= 4 is 26.7 Å². The largest absolute Gasteiger partial charge is 0.283 e. The Morgan fingerprint density at radius 3 is 2.73 bits per heavy atom. The number of nitrogens with zero attached hydrogens (tertiary/aromatic N) is 1.